The first kappa shape index (κ1) is 19.2. The van der Waals surface area contributed by atoms with Crippen LogP contribution in [0.5, 0.6) is 0 Å². The summed E-state index contributed by atoms with van der Waals surface area (Å²) in [7, 11) is 0. The van der Waals surface area contributed by atoms with Gasteiger partial charge in [0, 0.05) is 42.1 Å². The van der Waals surface area contributed by atoms with Crippen LogP contribution in [0.3, 0.4) is 0 Å². The van der Waals surface area contributed by atoms with Crippen LogP contribution in [0.25, 0.3) is 54.0 Å². The van der Waals surface area contributed by atoms with Crippen molar-refractivity contribution < 1.29 is 21.1 Å². The van der Waals surface area contributed by atoms with E-state index in [1.165, 1.54) is 52.5 Å². The Morgan fingerprint density at radius 2 is 1.52 bits per heavy atom. The molecule has 0 spiro atoms. The number of nitrogens with zero attached hydrogens (tertiary/aromatic N) is 3. The van der Waals surface area contributed by atoms with Gasteiger partial charge >= 0.3 is 0 Å². The fourth-order valence-electron chi connectivity index (χ4n) is 4.93. The van der Waals surface area contributed by atoms with Crippen molar-refractivity contribution in [2.45, 2.75) is 13.8 Å². The van der Waals surface area contributed by atoms with Gasteiger partial charge in [-0.2, -0.15) is 5.10 Å². The Morgan fingerprint density at radius 3 is 2.23 bits per heavy atom. The van der Waals surface area contributed by atoms with Gasteiger partial charge in [0.15, 0.2) is 0 Å². The van der Waals surface area contributed by atoms with Crippen LogP contribution in [0.15, 0.2) is 60.1 Å². The van der Waals surface area contributed by atoms with Crippen molar-refractivity contribution in [3.8, 4) is 5.69 Å². The van der Waals surface area contributed by atoms with E-state index in [0.29, 0.717) is 0 Å². The zero-order chi connectivity index (χ0) is 20.0. The molecule has 0 radical (unpaired) electrons. The first-order valence-electron chi connectivity index (χ1n) is 9.91. The Bertz CT molecular complexity index is 1730. The molecule has 0 aliphatic heterocycles. The number of para-hydroxylation sites is 2. The number of aryl methyl sites for hydroxylation is 2. The van der Waals surface area contributed by atoms with E-state index in [1.807, 2.05) is 17.5 Å². The second kappa shape index (κ2) is 6.77. The minimum absolute atomic E-state index is 0. The van der Waals surface area contributed by atoms with Crippen LogP contribution in [-0.4, -0.2) is 14.2 Å². The first-order chi connectivity index (χ1) is 14.7. The zero-order valence-electron chi connectivity index (χ0n) is 16.7. The summed E-state index contributed by atoms with van der Waals surface area (Å²) in [6.07, 6.45) is 2.02. The summed E-state index contributed by atoms with van der Waals surface area (Å²) in [5, 5.41) is 12.1. The topological polar surface area (TPSA) is 22.2 Å². The normalized spacial score (nSPS) is 11.9. The summed E-state index contributed by atoms with van der Waals surface area (Å²) >= 11 is 3.63. The average Bonchev–Trinajstić information content (AvgIpc) is 3.51. The van der Waals surface area contributed by atoms with E-state index in [2.05, 4.69) is 82.9 Å². The third-order valence-corrected chi connectivity index (χ3v) is 7.98. The molecule has 0 amide bonds. The summed E-state index contributed by atoms with van der Waals surface area (Å²) in [5.41, 5.74) is 5.78. The molecule has 0 N–H and O–H groups in total. The van der Waals surface area contributed by atoms with E-state index in [4.69, 9.17) is 5.10 Å². The molecular formula is C25H16N3PtS2-. The molecule has 0 atom stereocenters. The van der Waals surface area contributed by atoms with Crippen molar-refractivity contribution in [1.29, 1.82) is 0 Å². The molecule has 6 heteroatoms. The maximum atomic E-state index is 4.87. The predicted molar refractivity (Wildman–Crippen MR) is 129 cm³/mol. The van der Waals surface area contributed by atoms with Crippen LogP contribution in [-0.2, 0) is 21.1 Å². The van der Waals surface area contributed by atoms with E-state index in [-0.39, 0.29) is 21.1 Å². The van der Waals surface area contributed by atoms with Crippen LogP contribution in [0.4, 0.5) is 0 Å². The molecule has 2 aromatic carbocycles. The minimum Gasteiger partial charge on any atom is -0.306 e. The SMILES string of the molecule is Cc1sc(C)c2c1c1sc[c-]c1n1ncc(-n3c4ccccc4c4ccccc43)c21.[Pt]. The van der Waals surface area contributed by atoms with Gasteiger partial charge in [-0.1, -0.05) is 52.0 Å². The average molecular weight is 618 g/mol. The molecule has 0 bridgehead atoms. The van der Waals surface area contributed by atoms with Gasteiger partial charge in [0.2, 0.25) is 0 Å². The van der Waals surface area contributed by atoms with Gasteiger partial charge in [0.05, 0.1) is 28.4 Å². The van der Waals surface area contributed by atoms with Gasteiger partial charge in [-0.3, -0.25) is 15.9 Å². The molecule has 0 saturated heterocycles. The molecule has 7 rings (SSSR count). The summed E-state index contributed by atoms with van der Waals surface area (Å²) in [6, 6.07) is 20.7. The molecule has 7 aromatic rings. The van der Waals surface area contributed by atoms with Gasteiger partial charge in [0.1, 0.15) is 0 Å². The number of pyridine rings is 1. The van der Waals surface area contributed by atoms with Crippen molar-refractivity contribution in [2.24, 2.45) is 0 Å². The number of thiophene rings is 2. The van der Waals surface area contributed by atoms with Gasteiger partial charge in [-0.25, -0.2) is 6.07 Å². The van der Waals surface area contributed by atoms with E-state index in [0.717, 1.165) is 11.2 Å². The monoisotopic (exact) mass is 617 g/mol. The largest absolute Gasteiger partial charge is 0.306 e. The van der Waals surface area contributed by atoms with E-state index < -0.39 is 0 Å². The summed E-state index contributed by atoms with van der Waals surface area (Å²) in [5.74, 6) is 0. The van der Waals surface area contributed by atoms with Crippen LogP contribution in [0.1, 0.15) is 9.75 Å². The van der Waals surface area contributed by atoms with Crippen molar-refractivity contribution >= 4 is 71.0 Å². The molecule has 3 nitrogen and oxygen atoms in total. The van der Waals surface area contributed by atoms with Crippen LogP contribution >= 0.6 is 22.7 Å². The van der Waals surface area contributed by atoms with Crippen LogP contribution < -0.4 is 0 Å². The maximum absolute atomic E-state index is 4.87. The molecular weight excluding hydrogens is 602 g/mol. The first-order valence-corrected chi connectivity index (χ1v) is 11.6. The molecule has 0 unspecified atom stereocenters. The Kier molecular flexibility index (Phi) is 4.20. The maximum Gasteiger partial charge on any atom is 0.0948 e. The Hall–Kier alpha value is -2.46. The van der Waals surface area contributed by atoms with Crippen molar-refractivity contribution in [1.82, 2.24) is 14.2 Å². The molecule has 0 saturated carbocycles. The van der Waals surface area contributed by atoms with Crippen molar-refractivity contribution in [3.63, 3.8) is 0 Å². The van der Waals surface area contributed by atoms with E-state index in [9.17, 15) is 0 Å². The van der Waals surface area contributed by atoms with Gasteiger partial charge in [-0.15, -0.1) is 16.7 Å². The molecule has 0 aliphatic rings. The minimum atomic E-state index is 0. The molecule has 154 valence electrons. The van der Waals surface area contributed by atoms with Gasteiger partial charge in [-0.05, 0) is 30.9 Å². The van der Waals surface area contributed by atoms with Crippen molar-refractivity contribution in [2.75, 3.05) is 0 Å². The standard InChI is InChI=1S/C25H16N3S2.Pt/c1-14-22-23(15(2)30-14)25-20(11-12-29-25)28-24(22)21(13-26-28)27-18-9-5-3-7-16(18)17-8-4-6-10-19(17)27;/h3-10,12-13H,1-2H3;/q-1;. The van der Waals surface area contributed by atoms with E-state index >= 15 is 0 Å². The second-order valence-corrected chi connectivity index (χ2v) is 9.99. The third-order valence-electron chi connectivity index (χ3n) is 6.09. The smallest absolute Gasteiger partial charge is 0.0948 e. The third kappa shape index (κ3) is 2.40. The quantitative estimate of drug-likeness (QED) is 0.178. The second-order valence-electron chi connectivity index (χ2n) is 7.68. The number of hydrogen-bond acceptors (Lipinski definition) is 3. The summed E-state index contributed by atoms with van der Waals surface area (Å²) in [6.45, 7) is 4.46. The summed E-state index contributed by atoms with van der Waals surface area (Å²) < 4.78 is 5.74. The number of benzene rings is 2. The molecule has 0 aliphatic carbocycles. The fraction of sp³-hybridized carbons (Fsp3) is 0.0800. The molecule has 0 fully saturated rings. The number of rotatable bonds is 1. The Labute approximate surface area is 200 Å². The van der Waals surface area contributed by atoms with Crippen LogP contribution in [0.2, 0.25) is 0 Å². The van der Waals surface area contributed by atoms with Gasteiger partial charge < -0.3 is 4.57 Å². The zero-order valence-corrected chi connectivity index (χ0v) is 20.7. The Morgan fingerprint density at radius 1 is 0.871 bits per heavy atom. The Balaban J connectivity index is 0.00000185. The molecule has 31 heavy (non-hydrogen) atoms. The van der Waals surface area contributed by atoms with Crippen molar-refractivity contribution in [3.05, 3.63) is 75.9 Å². The number of hydrogen-bond donors (Lipinski definition) is 0. The number of fused-ring (bicyclic) bond motifs is 9. The molecule has 5 heterocycles. The van der Waals surface area contributed by atoms with E-state index in [1.54, 1.807) is 11.3 Å². The molecule has 5 aromatic heterocycles. The predicted octanol–water partition coefficient (Wildman–Crippen LogP) is 7.28. The van der Waals surface area contributed by atoms with Gasteiger partial charge in [0.25, 0.3) is 0 Å². The van der Waals surface area contributed by atoms with Crippen LogP contribution in [0, 0.1) is 19.9 Å². The fourth-order valence-corrected chi connectivity index (χ4v) is 6.98. The summed E-state index contributed by atoms with van der Waals surface area (Å²) in [4.78, 5) is 2.70. The number of aromatic nitrogens is 3.